The van der Waals surface area contributed by atoms with Gasteiger partial charge in [0.1, 0.15) is 0 Å². The van der Waals surface area contributed by atoms with Gasteiger partial charge in [-0.3, -0.25) is 0 Å². The monoisotopic (exact) mass is 186 g/mol. The molecule has 0 unspecified atom stereocenters. The van der Waals surface area contributed by atoms with Crippen LogP contribution in [0.2, 0.25) is 0 Å². The zero-order valence-corrected chi connectivity index (χ0v) is 8.71. The molecule has 0 nitrogen and oxygen atoms in total. The third kappa shape index (κ3) is 2.73. The Kier molecular flexibility index (Phi) is 3.03. The summed E-state index contributed by atoms with van der Waals surface area (Å²) >= 11 is 0. The van der Waals surface area contributed by atoms with Crippen molar-refractivity contribution in [1.82, 2.24) is 0 Å². The molecular weight excluding hydrogens is 168 g/mol. The van der Waals surface area contributed by atoms with Crippen LogP contribution in [0, 0.1) is 5.92 Å². The van der Waals surface area contributed by atoms with Crippen LogP contribution in [0.4, 0.5) is 0 Å². The van der Waals surface area contributed by atoms with Crippen LogP contribution in [0.15, 0.2) is 36.9 Å². The number of benzene rings is 1. The van der Waals surface area contributed by atoms with E-state index in [-0.39, 0.29) is 0 Å². The van der Waals surface area contributed by atoms with Gasteiger partial charge in [0.2, 0.25) is 0 Å². The van der Waals surface area contributed by atoms with Gasteiger partial charge in [0, 0.05) is 0 Å². The van der Waals surface area contributed by atoms with Crippen LogP contribution in [0.25, 0.3) is 0 Å². The van der Waals surface area contributed by atoms with Crippen LogP contribution in [-0.2, 0) is 12.8 Å². The average molecular weight is 186 g/mol. The molecular formula is C14H18. The van der Waals surface area contributed by atoms with E-state index in [1.165, 1.54) is 36.8 Å². The summed E-state index contributed by atoms with van der Waals surface area (Å²) in [6.45, 7) is 3.75. The van der Waals surface area contributed by atoms with Gasteiger partial charge in [0.25, 0.3) is 0 Å². The van der Waals surface area contributed by atoms with Crippen molar-refractivity contribution >= 4 is 0 Å². The zero-order chi connectivity index (χ0) is 9.80. The fourth-order valence-electron chi connectivity index (χ4n) is 1.79. The summed E-state index contributed by atoms with van der Waals surface area (Å²) in [5.74, 6) is 1.04. The van der Waals surface area contributed by atoms with Gasteiger partial charge in [0.05, 0.1) is 0 Å². The second-order valence-electron chi connectivity index (χ2n) is 4.29. The van der Waals surface area contributed by atoms with Crippen molar-refractivity contribution in [3.63, 3.8) is 0 Å². The molecule has 74 valence electrons. The molecule has 14 heavy (non-hydrogen) atoms. The van der Waals surface area contributed by atoms with Gasteiger partial charge in [-0.1, -0.05) is 43.2 Å². The minimum atomic E-state index is 0.989. The largest absolute Gasteiger partial charge is 0.103 e. The molecule has 0 spiro atoms. The van der Waals surface area contributed by atoms with E-state index in [1.807, 2.05) is 6.08 Å². The Morgan fingerprint density at radius 3 is 2.36 bits per heavy atom. The van der Waals surface area contributed by atoms with Gasteiger partial charge in [-0.25, -0.2) is 0 Å². The van der Waals surface area contributed by atoms with Gasteiger partial charge in [-0.05, 0) is 36.3 Å². The highest BCUT2D eigenvalue weighted by Gasteiger charge is 2.20. The second kappa shape index (κ2) is 4.45. The van der Waals surface area contributed by atoms with E-state index in [2.05, 4.69) is 30.8 Å². The number of hydrogen-bond acceptors (Lipinski definition) is 0. The van der Waals surface area contributed by atoms with Crippen molar-refractivity contribution in [3.8, 4) is 0 Å². The second-order valence-corrected chi connectivity index (χ2v) is 4.29. The van der Waals surface area contributed by atoms with Crippen molar-refractivity contribution in [2.24, 2.45) is 5.92 Å². The van der Waals surface area contributed by atoms with E-state index in [4.69, 9.17) is 0 Å². The first-order chi connectivity index (χ1) is 6.88. The molecule has 2 rings (SSSR count). The highest BCUT2D eigenvalue weighted by atomic mass is 14.3. The van der Waals surface area contributed by atoms with Crippen molar-refractivity contribution in [2.75, 3.05) is 0 Å². The topological polar surface area (TPSA) is 0 Å². The summed E-state index contributed by atoms with van der Waals surface area (Å²) in [6, 6.07) is 8.98. The van der Waals surface area contributed by atoms with Crippen molar-refractivity contribution < 1.29 is 0 Å². The molecule has 0 N–H and O–H groups in total. The van der Waals surface area contributed by atoms with Crippen LogP contribution in [-0.4, -0.2) is 0 Å². The standard InChI is InChI=1S/C14H18/c1-2-3-12-4-6-13(7-5-12)8-9-14-10-11-14/h2,4-7,14H,1,3,8-11H2. The molecule has 1 fully saturated rings. The van der Waals surface area contributed by atoms with Crippen molar-refractivity contribution in [2.45, 2.75) is 32.1 Å². The SMILES string of the molecule is C=CCc1ccc(CCC2CC2)cc1. The third-order valence-corrected chi connectivity index (χ3v) is 2.94. The number of allylic oxidation sites excluding steroid dienone is 1. The first-order valence-corrected chi connectivity index (χ1v) is 5.57. The Labute approximate surface area is 86.7 Å². The first-order valence-electron chi connectivity index (χ1n) is 5.57. The van der Waals surface area contributed by atoms with Crippen LogP contribution in [0.3, 0.4) is 0 Å². The molecule has 1 aromatic carbocycles. The molecule has 1 aliphatic carbocycles. The van der Waals surface area contributed by atoms with E-state index in [9.17, 15) is 0 Å². The molecule has 0 atom stereocenters. The van der Waals surface area contributed by atoms with Gasteiger partial charge < -0.3 is 0 Å². The summed E-state index contributed by atoms with van der Waals surface area (Å²) in [4.78, 5) is 0. The lowest BCUT2D eigenvalue weighted by molar-refractivity contribution is 0.726. The molecule has 0 heteroatoms. The minimum Gasteiger partial charge on any atom is -0.103 e. The lowest BCUT2D eigenvalue weighted by atomic mass is 10.0. The number of rotatable bonds is 5. The first kappa shape index (κ1) is 9.51. The lowest BCUT2D eigenvalue weighted by Gasteiger charge is -2.01. The summed E-state index contributed by atoms with van der Waals surface area (Å²) in [7, 11) is 0. The fourth-order valence-corrected chi connectivity index (χ4v) is 1.79. The average Bonchev–Trinajstić information content (AvgIpc) is 3.01. The summed E-state index contributed by atoms with van der Waals surface area (Å²) in [5, 5.41) is 0. The van der Waals surface area contributed by atoms with Crippen LogP contribution >= 0.6 is 0 Å². The Morgan fingerprint density at radius 2 is 1.79 bits per heavy atom. The number of aryl methyl sites for hydroxylation is 1. The molecule has 1 aliphatic rings. The maximum atomic E-state index is 3.75. The van der Waals surface area contributed by atoms with Crippen LogP contribution < -0.4 is 0 Å². The van der Waals surface area contributed by atoms with E-state index in [1.54, 1.807) is 0 Å². The quantitative estimate of drug-likeness (QED) is 0.614. The molecule has 0 aromatic heterocycles. The van der Waals surface area contributed by atoms with Crippen LogP contribution in [0.1, 0.15) is 30.4 Å². The van der Waals surface area contributed by atoms with Gasteiger partial charge >= 0.3 is 0 Å². The maximum Gasteiger partial charge on any atom is -0.0100 e. The van der Waals surface area contributed by atoms with Gasteiger partial charge in [0.15, 0.2) is 0 Å². The van der Waals surface area contributed by atoms with Gasteiger partial charge in [-0.2, -0.15) is 0 Å². The van der Waals surface area contributed by atoms with E-state index in [0.29, 0.717) is 0 Å². The predicted octanol–water partition coefficient (Wildman–Crippen LogP) is 3.76. The highest BCUT2D eigenvalue weighted by Crippen LogP contribution is 2.33. The molecule has 0 radical (unpaired) electrons. The molecule has 1 saturated carbocycles. The predicted molar refractivity (Wildman–Crippen MR) is 61.4 cm³/mol. The molecule has 0 heterocycles. The normalized spacial score (nSPS) is 15.4. The Balaban J connectivity index is 1.87. The molecule has 0 aliphatic heterocycles. The maximum absolute atomic E-state index is 3.75. The Hall–Kier alpha value is -1.04. The fraction of sp³-hybridized carbons (Fsp3) is 0.429. The van der Waals surface area contributed by atoms with E-state index >= 15 is 0 Å². The van der Waals surface area contributed by atoms with E-state index in [0.717, 1.165) is 12.3 Å². The molecule has 0 saturated heterocycles. The Bertz CT molecular complexity index is 290. The lowest BCUT2D eigenvalue weighted by Crippen LogP contribution is -1.88. The number of hydrogen-bond donors (Lipinski definition) is 0. The smallest absolute Gasteiger partial charge is 0.0100 e. The summed E-state index contributed by atoms with van der Waals surface area (Å²) in [5.41, 5.74) is 2.86. The molecule has 0 amide bonds. The van der Waals surface area contributed by atoms with Gasteiger partial charge in [-0.15, -0.1) is 6.58 Å². The van der Waals surface area contributed by atoms with E-state index < -0.39 is 0 Å². The summed E-state index contributed by atoms with van der Waals surface area (Å²) < 4.78 is 0. The highest BCUT2D eigenvalue weighted by molar-refractivity contribution is 5.24. The van der Waals surface area contributed by atoms with Crippen molar-refractivity contribution in [3.05, 3.63) is 48.0 Å². The van der Waals surface area contributed by atoms with Crippen molar-refractivity contribution in [1.29, 1.82) is 0 Å². The zero-order valence-electron chi connectivity index (χ0n) is 8.71. The Morgan fingerprint density at radius 1 is 1.14 bits per heavy atom. The summed E-state index contributed by atoms with van der Waals surface area (Å²) in [6.07, 6.45) is 8.53. The molecule has 0 bridgehead atoms. The van der Waals surface area contributed by atoms with Crippen LogP contribution in [0.5, 0.6) is 0 Å². The molecule has 1 aromatic rings. The minimum absolute atomic E-state index is 0.989. The third-order valence-electron chi connectivity index (χ3n) is 2.94.